The minimum atomic E-state index is -0.867. The van der Waals surface area contributed by atoms with Crippen LogP contribution < -0.4 is 5.73 Å². The van der Waals surface area contributed by atoms with Crippen molar-refractivity contribution in [1.29, 1.82) is 0 Å². The van der Waals surface area contributed by atoms with E-state index >= 15 is 0 Å². The van der Waals surface area contributed by atoms with Crippen LogP contribution in [0.15, 0.2) is 10.5 Å². The van der Waals surface area contributed by atoms with Crippen molar-refractivity contribution < 1.29 is 15.0 Å². The number of carboxylic acid groups (broad SMARTS) is 1. The topological polar surface area (TPSA) is 83.6 Å². The third-order valence-corrected chi connectivity index (χ3v) is 4.76. The van der Waals surface area contributed by atoms with Crippen molar-refractivity contribution >= 4 is 21.9 Å². The highest BCUT2D eigenvalue weighted by Crippen LogP contribution is 2.39. The minimum Gasteiger partial charge on any atom is -0.506 e. The first-order chi connectivity index (χ1) is 9.50. The highest BCUT2D eigenvalue weighted by atomic mass is 79.9. The number of fused-ring (bicyclic) bond motifs is 1. The average Bonchev–Trinajstić information content (AvgIpc) is 2.65. The van der Waals surface area contributed by atoms with E-state index in [2.05, 4.69) is 15.9 Å². The molecule has 0 amide bonds. The van der Waals surface area contributed by atoms with Crippen LogP contribution in [0.5, 0.6) is 5.75 Å². The summed E-state index contributed by atoms with van der Waals surface area (Å²) in [6, 6.07) is 1.52. The Morgan fingerprint density at radius 2 is 2.05 bits per heavy atom. The van der Waals surface area contributed by atoms with Gasteiger partial charge in [0.15, 0.2) is 0 Å². The Labute approximate surface area is 127 Å². The van der Waals surface area contributed by atoms with Crippen LogP contribution in [0.2, 0.25) is 0 Å². The van der Waals surface area contributed by atoms with Crippen molar-refractivity contribution in [3.8, 4) is 5.75 Å². The number of hydrogen-bond donors (Lipinski definition) is 3. The maximum atomic E-state index is 10.6. The quantitative estimate of drug-likeness (QED) is 0.733. The summed E-state index contributed by atoms with van der Waals surface area (Å²) in [6.45, 7) is 0. The van der Waals surface area contributed by atoms with Gasteiger partial charge < -0.3 is 15.9 Å². The van der Waals surface area contributed by atoms with Gasteiger partial charge in [0.05, 0.1) is 4.47 Å². The van der Waals surface area contributed by atoms with Crippen molar-refractivity contribution in [3.63, 3.8) is 0 Å². The van der Waals surface area contributed by atoms with Crippen LogP contribution in [0.4, 0.5) is 0 Å². The lowest BCUT2D eigenvalue weighted by molar-refractivity contribution is -0.137. The predicted octanol–water partition coefficient (Wildman–Crippen LogP) is 3.29. The predicted molar refractivity (Wildman–Crippen MR) is 80.9 cm³/mol. The summed E-state index contributed by atoms with van der Waals surface area (Å²) in [5.74, 6) is -0.697. The molecule has 0 bridgehead atoms. The Morgan fingerprint density at radius 1 is 1.35 bits per heavy atom. The number of phenols is 1. The third-order valence-electron chi connectivity index (χ3n) is 3.91. The van der Waals surface area contributed by atoms with Crippen molar-refractivity contribution in [2.75, 3.05) is 0 Å². The van der Waals surface area contributed by atoms with E-state index in [9.17, 15) is 9.90 Å². The van der Waals surface area contributed by atoms with Gasteiger partial charge in [0.25, 0.3) is 0 Å². The lowest BCUT2D eigenvalue weighted by atomic mass is 9.94. The summed E-state index contributed by atoms with van der Waals surface area (Å²) >= 11 is 3.48. The Balaban J connectivity index is 2.32. The number of rotatable bonds is 4. The van der Waals surface area contributed by atoms with E-state index < -0.39 is 12.0 Å². The van der Waals surface area contributed by atoms with Crippen LogP contribution in [0.1, 0.15) is 54.8 Å². The summed E-state index contributed by atoms with van der Waals surface area (Å²) < 4.78 is 0.734. The normalized spacial score (nSPS) is 16.3. The first-order valence-electron chi connectivity index (χ1n) is 7.01. The number of phenolic OH excluding ortho intramolecular Hbond substituents is 1. The van der Waals surface area contributed by atoms with Gasteiger partial charge in [-0.25, -0.2) is 0 Å². The molecule has 1 aromatic carbocycles. The van der Waals surface area contributed by atoms with Crippen LogP contribution in [0.25, 0.3) is 0 Å². The van der Waals surface area contributed by atoms with Gasteiger partial charge in [-0.05, 0) is 59.2 Å². The molecule has 20 heavy (non-hydrogen) atoms. The molecule has 0 fully saturated rings. The SMILES string of the molecule is NC(CCC(=O)O)c1cc2c(c(Br)c1O)CCCCC2. The first-order valence-corrected chi connectivity index (χ1v) is 7.80. The molecule has 0 heterocycles. The molecule has 1 atom stereocenters. The molecule has 0 saturated carbocycles. The second-order valence-electron chi connectivity index (χ2n) is 5.37. The molecule has 1 unspecified atom stereocenters. The van der Waals surface area contributed by atoms with Crippen molar-refractivity contribution in [2.24, 2.45) is 5.73 Å². The summed E-state index contributed by atoms with van der Waals surface area (Å²) in [5, 5.41) is 19.0. The Morgan fingerprint density at radius 3 is 2.75 bits per heavy atom. The molecule has 0 aromatic heterocycles. The molecule has 4 nitrogen and oxygen atoms in total. The fourth-order valence-electron chi connectivity index (χ4n) is 2.76. The van der Waals surface area contributed by atoms with Gasteiger partial charge in [-0.15, -0.1) is 0 Å². The number of nitrogens with two attached hydrogens (primary N) is 1. The van der Waals surface area contributed by atoms with Gasteiger partial charge in [-0.2, -0.15) is 0 Å². The number of carbonyl (C=O) groups is 1. The average molecular weight is 342 g/mol. The van der Waals surface area contributed by atoms with Crippen molar-refractivity contribution in [2.45, 2.75) is 51.0 Å². The molecule has 0 aliphatic heterocycles. The maximum Gasteiger partial charge on any atom is 0.303 e. The number of aryl methyl sites for hydroxylation is 1. The number of halogens is 1. The molecule has 0 saturated heterocycles. The van der Waals surface area contributed by atoms with Crippen LogP contribution in [0.3, 0.4) is 0 Å². The van der Waals surface area contributed by atoms with E-state index in [1.54, 1.807) is 0 Å². The molecular weight excluding hydrogens is 322 g/mol. The molecular formula is C15H20BrNO3. The number of benzene rings is 1. The highest BCUT2D eigenvalue weighted by molar-refractivity contribution is 9.10. The van der Waals surface area contributed by atoms with E-state index in [-0.39, 0.29) is 12.2 Å². The molecule has 0 radical (unpaired) electrons. The monoisotopic (exact) mass is 341 g/mol. The Hall–Kier alpha value is -1.07. The molecule has 1 aliphatic carbocycles. The van der Waals surface area contributed by atoms with Gasteiger partial charge in [-0.3, -0.25) is 4.79 Å². The van der Waals surface area contributed by atoms with Gasteiger partial charge in [0.1, 0.15) is 5.75 Å². The molecule has 1 aromatic rings. The molecule has 110 valence electrons. The van der Waals surface area contributed by atoms with Gasteiger partial charge in [-0.1, -0.05) is 12.5 Å². The van der Waals surface area contributed by atoms with E-state index in [0.29, 0.717) is 12.0 Å². The smallest absolute Gasteiger partial charge is 0.303 e. The van der Waals surface area contributed by atoms with Crippen LogP contribution in [-0.4, -0.2) is 16.2 Å². The van der Waals surface area contributed by atoms with Crippen LogP contribution in [0, 0.1) is 0 Å². The van der Waals surface area contributed by atoms with Crippen LogP contribution in [-0.2, 0) is 17.6 Å². The summed E-state index contributed by atoms with van der Waals surface area (Å²) in [4.78, 5) is 10.6. The van der Waals surface area contributed by atoms with Gasteiger partial charge in [0, 0.05) is 18.0 Å². The standard InChI is InChI=1S/C15H20BrNO3/c16-14-10-5-3-1-2-4-9(10)8-11(15(14)20)12(17)6-7-13(18)19/h8,12,20H,1-7,17H2,(H,18,19). The molecule has 0 spiro atoms. The molecule has 5 heteroatoms. The second-order valence-corrected chi connectivity index (χ2v) is 6.16. The molecule has 4 N–H and O–H groups in total. The molecule has 1 aliphatic rings. The number of carboxylic acids is 1. The van der Waals surface area contributed by atoms with Gasteiger partial charge in [0.2, 0.25) is 0 Å². The summed E-state index contributed by atoms with van der Waals surface area (Å²) in [7, 11) is 0. The van der Waals surface area contributed by atoms with Crippen molar-refractivity contribution in [1.82, 2.24) is 0 Å². The zero-order valence-electron chi connectivity index (χ0n) is 11.4. The van der Waals surface area contributed by atoms with E-state index in [1.807, 2.05) is 6.07 Å². The fourth-order valence-corrected chi connectivity index (χ4v) is 3.44. The number of aromatic hydroxyl groups is 1. The second kappa shape index (κ2) is 6.59. The van der Waals surface area contributed by atoms with Gasteiger partial charge >= 0.3 is 5.97 Å². The van der Waals surface area contributed by atoms with Crippen molar-refractivity contribution in [3.05, 3.63) is 27.2 Å². The minimum absolute atomic E-state index is 0.00924. The number of hydrogen-bond acceptors (Lipinski definition) is 3. The van der Waals surface area contributed by atoms with Crippen LogP contribution >= 0.6 is 15.9 Å². The third kappa shape index (κ3) is 3.33. The largest absolute Gasteiger partial charge is 0.506 e. The highest BCUT2D eigenvalue weighted by Gasteiger charge is 2.21. The summed E-state index contributed by atoms with van der Waals surface area (Å²) in [5.41, 5.74) is 9.10. The fraction of sp³-hybridized carbons (Fsp3) is 0.533. The Kier molecular flexibility index (Phi) is 5.05. The Bertz CT molecular complexity index is 516. The maximum absolute atomic E-state index is 10.6. The zero-order chi connectivity index (χ0) is 14.7. The molecule has 2 rings (SSSR count). The first kappa shape index (κ1) is 15.3. The number of aliphatic carboxylic acids is 1. The van der Waals surface area contributed by atoms with E-state index in [0.717, 1.165) is 30.2 Å². The zero-order valence-corrected chi connectivity index (χ0v) is 12.9. The van der Waals surface area contributed by atoms with E-state index in [1.165, 1.54) is 17.5 Å². The lowest BCUT2D eigenvalue weighted by Gasteiger charge is -2.18. The van der Waals surface area contributed by atoms with E-state index in [4.69, 9.17) is 10.8 Å². The lowest BCUT2D eigenvalue weighted by Crippen LogP contribution is -2.13. The summed E-state index contributed by atoms with van der Waals surface area (Å²) in [6.07, 6.45) is 5.77.